The molecule has 0 spiro atoms. The number of primary amides is 1. The minimum absolute atomic E-state index is 0.283. The Kier molecular flexibility index (Phi) is 12.1. The number of benzene rings is 2. The van der Waals surface area contributed by atoms with E-state index >= 15 is 0 Å². The molecule has 0 aliphatic rings. The quantitative estimate of drug-likeness (QED) is 0.339. The number of fused-ring (bicyclic) bond motifs is 1. The van der Waals surface area contributed by atoms with Crippen LogP contribution in [0.25, 0.3) is 16.8 Å². The number of unbranched alkanes of at least 4 members (excludes halogenated alkanes) is 4. The smallest absolute Gasteiger partial charge is 0.234 e. The molecule has 0 fully saturated rings. The molecule has 0 aliphatic heterocycles. The Morgan fingerprint density at radius 2 is 1.75 bits per heavy atom. The van der Waals surface area contributed by atoms with Gasteiger partial charge in [-0.1, -0.05) is 82.0 Å². The second-order valence-corrected chi connectivity index (χ2v) is 8.96. The third kappa shape index (κ3) is 9.54. The molecule has 0 bridgehead atoms. The number of nitrogens with two attached hydrogens (primary N) is 1. The predicted molar refractivity (Wildman–Crippen MR) is 139 cm³/mol. The lowest BCUT2D eigenvalue weighted by atomic mass is 9.99. The van der Waals surface area contributed by atoms with Crippen LogP contribution in [0.3, 0.4) is 0 Å². The summed E-state index contributed by atoms with van der Waals surface area (Å²) < 4.78 is 0. The van der Waals surface area contributed by atoms with Crippen molar-refractivity contribution >= 4 is 22.8 Å². The molecule has 4 nitrogen and oxygen atoms in total. The number of allylic oxidation sites excluding steroid dienone is 1. The molecule has 4 heteroatoms. The first-order valence-corrected chi connectivity index (χ1v) is 12.4. The summed E-state index contributed by atoms with van der Waals surface area (Å²) in [6, 6.07) is 12.6. The molecule has 3 N–H and O–H groups in total. The van der Waals surface area contributed by atoms with Crippen LogP contribution in [0.2, 0.25) is 0 Å². The molecule has 32 heavy (non-hydrogen) atoms. The van der Waals surface area contributed by atoms with E-state index in [-0.39, 0.29) is 11.9 Å². The van der Waals surface area contributed by atoms with Crippen molar-refractivity contribution < 1.29 is 4.79 Å². The van der Waals surface area contributed by atoms with Crippen LogP contribution in [0.4, 0.5) is 0 Å². The fourth-order valence-electron chi connectivity index (χ4n) is 3.99. The Balaban J connectivity index is 1.85. The summed E-state index contributed by atoms with van der Waals surface area (Å²) in [6.07, 6.45) is 13.5. The molecule has 0 radical (unpaired) electrons. The van der Waals surface area contributed by atoms with Gasteiger partial charge in [0.2, 0.25) is 5.91 Å². The highest BCUT2D eigenvalue weighted by Gasteiger charge is 2.15. The first-order valence-electron chi connectivity index (χ1n) is 12.4. The maximum absolute atomic E-state index is 12.0. The van der Waals surface area contributed by atoms with E-state index < -0.39 is 0 Å². The van der Waals surface area contributed by atoms with Crippen molar-refractivity contribution in [3.8, 4) is 0 Å². The fourth-order valence-corrected chi connectivity index (χ4v) is 3.99. The van der Waals surface area contributed by atoms with Gasteiger partial charge in [-0.15, -0.1) is 0 Å². The Hall–Kier alpha value is -2.17. The molecule has 1 amide bonds. The summed E-state index contributed by atoms with van der Waals surface area (Å²) in [5.41, 5.74) is 8.05. The van der Waals surface area contributed by atoms with E-state index in [1.54, 1.807) is 0 Å². The lowest BCUT2D eigenvalue weighted by Crippen LogP contribution is -2.43. The van der Waals surface area contributed by atoms with Crippen LogP contribution >= 0.6 is 0 Å². The fraction of sp³-hybridized carbons (Fsp3) is 0.536. The number of rotatable bonds is 16. The van der Waals surface area contributed by atoms with E-state index in [9.17, 15) is 4.79 Å². The number of amides is 1. The molecule has 176 valence electrons. The number of nitrogens with zero attached hydrogens (tertiary/aromatic N) is 1. The minimum Gasteiger partial charge on any atom is -0.368 e. The zero-order valence-electron chi connectivity index (χ0n) is 20.4. The number of carbonyl (C=O) groups excluding carboxylic acids is 1. The number of hydrogen-bond donors (Lipinski definition) is 2. The average Bonchev–Trinajstić information content (AvgIpc) is 2.78. The minimum atomic E-state index is -0.335. The summed E-state index contributed by atoms with van der Waals surface area (Å²) in [6.45, 7) is 7.41. The van der Waals surface area contributed by atoms with Crippen molar-refractivity contribution in [3.05, 3.63) is 53.6 Å². The summed E-state index contributed by atoms with van der Waals surface area (Å²) in [7, 11) is 2.18. The Labute approximate surface area is 195 Å². The summed E-state index contributed by atoms with van der Waals surface area (Å²) in [4.78, 5) is 14.4. The molecule has 0 aromatic heterocycles. The third-order valence-corrected chi connectivity index (χ3v) is 5.98. The average molecular weight is 438 g/mol. The standard InChI is InChI=1S/C28H43N3O/c1-4-6-8-10-18-31(3)19-11-17-30-27(28(29)32)22-24-14-16-25-20-23(12-9-7-5-2)13-15-26(25)21-24/h9,12-16,20-21,27,30H,4-8,10-11,17-19,22H2,1-3H3,(H2,29,32)/b12-9+/t27-/m0/s1. The van der Waals surface area contributed by atoms with E-state index in [1.165, 1.54) is 42.0 Å². The lowest BCUT2D eigenvalue weighted by molar-refractivity contribution is -0.120. The molecular weight excluding hydrogens is 394 g/mol. The highest BCUT2D eigenvalue weighted by atomic mass is 16.1. The van der Waals surface area contributed by atoms with Crippen LogP contribution in [0.15, 0.2) is 42.5 Å². The monoisotopic (exact) mass is 437 g/mol. The maximum atomic E-state index is 12.0. The van der Waals surface area contributed by atoms with Gasteiger partial charge in [-0.05, 0) is 80.3 Å². The number of carbonyl (C=O) groups is 1. The Morgan fingerprint density at radius 3 is 2.50 bits per heavy atom. The van der Waals surface area contributed by atoms with Gasteiger partial charge in [-0.25, -0.2) is 0 Å². The van der Waals surface area contributed by atoms with Gasteiger partial charge in [0.25, 0.3) is 0 Å². The second kappa shape index (κ2) is 14.8. The summed E-state index contributed by atoms with van der Waals surface area (Å²) in [5, 5.41) is 5.79. The highest BCUT2D eigenvalue weighted by molar-refractivity contribution is 5.86. The Morgan fingerprint density at radius 1 is 1.00 bits per heavy atom. The predicted octanol–water partition coefficient (Wildman–Crippen LogP) is 5.54. The molecular formula is C28H43N3O. The molecule has 2 aromatic rings. The second-order valence-electron chi connectivity index (χ2n) is 8.96. The van der Waals surface area contributed by atoms with Gasteiger partial charge in [-0.2, -0.15) is 0 Å². The highest BCUT2D eigenvalue weighted by Crippen LogP contribution is 2.20. The first kappa shape index (κ1) is 26.1. The zero-order chi connectivity index (χ0) is 23.2. The Bertz CT molecular complexity index is 846. The van der Waals surface area contributed by atoms with E-state index in [0.717, 1.165) is 44.5 Å². The van der Waals surface area contributed by atoms with E-state index in [1.807, 2.05) is 0 Å². The number of hydrogen-bond acceptors (Lipinski definition) is 3. The van der Waals surface area contributed by atoms with Gasteiger partial charge in [0.05, 0.1) is 6.04 Å². The molecule has 0 saturated heterocycles. The summed E-state index contributed by atoms with van der Waals surface area (Å²) >= 11 is 0. The zero-order valence-corrected chi connectivity index (χ0v) is 20.4. The van der Waals surface area contributed by atoms with Crippen LogP contribution in [-0.2, 0) is 11.2 Å². The van der Waals surface area contributed by atoms with Crippen LogP contribution < -0.4 is 11.1 Å². The normalized spacial score (nSPS) is 12.8. The molecule has 1 atom stereocenters. The van der Waals surface area contributed by atoms with Gasteiger partial charge in [0.1, 0.15) is 0 Å². The molecule has 0 saturated carbocycles. The number of nitrogens with one attached hydrogen (secondary N) is 1. The van der Waals surface area contributed by atoms with Crippen molar-refractivity contribution in [2.75, 3.05) is 26.7 Å². The van der Waals surface area contributed by atoms with Crippen molar-refractivity contribution in [3.63, 3.8) is 0 Å². The van der Waals surface area contributed by atoms with Crippen molar-refractivity contribution in [2.24, 2.45) is 5.73 Å². The largest absolute Gasteiger partial charge is 0.368 e. The van der Waals surface area contributed by atoms with Crippen LogP contribution in [0.1, 0.15) is 69.9 Å². The van der Waals surface area contributed by atoms with Gasteiger partial charge >= 0.3 is 0 Å². The van der Waals surface area contributed by atoms with E-state index in [4.69, 9.17) is 5.73 Å². The molecule has 0 unspecified atom stereocenters. The molecule has 2 aromatic carbocycles. The van der Waals surface area contributed by atoms with E-state index in [0.29, 0.717) is 6.42 Å². The maximum Gasteiger partial charge on any atom is 0.234 e. The van der Waals surface area contributed by atoms with Gasteiger partial charge < -0.3 is 16.0 Å². The molecule has 2 rings (SSSR count). The van der Waals surface area contributed by atoms with Crippen LogP contribution in [0, 0.1) is 0 Å². The first-order chi connectivity index (χ1) is 15.5. The van der Waals surface area contributed by atoms with Crippen molar-refractivity contribution in [1.82, 2.24) is 10.2 Å². The van der Waals surface area contributed by atoms with E-state index in [2.05, 4.69) is 79.7 Å². The van der Waals surface area contributed by atoms with Crippen LogP contribution in [0.5, 0.6) is 0 Å². The molecule has 0 heterocycles. The van der Waals surface area contributed by atoms with Gasteiger partial charge in [-0.3, -0.25) is 4.79 Å². The van der Waals surface area contributed by atoms with Crippen molar-refractivity contribution in [1.29, 1.82) is 0 Å². The lowest BCUT2D eigenvalue weighted by Gasteiger charge is -2.19. The topological polar surface area (TPSA) is 58.4 Å². The van der Waals surface area contributed by atoms with Gasteiger partial charge in [0, 0.05) is 0 Å². The van der Waals surface area contributed by atoms with Gasteiger partial charge in [0.15, 0.2) is 0 Å². The molecule has 0 aliphatic carbocycles. The van der Waals surface area contributed by atoms with Crippen LogP contribution in [-0.4, -0.2) is 43.5 Å². The third-order valence-electron chi connectivity index (χ3n) is 5.98. The SMILES string of the molecule is CCC/C=C/c1ccc2cc(C[C@H](NCCCN(C)CCCCCC)C(N)=O)ccc2c1. The van der Waals surface area contributed by atoms with Crippen molar-refractivity contribution in [2.45, 2.75) is 71.3 Å². The summed E-state index contributed by atoms with van der Waals surface area (Å²) in [5.74, 6) is -0.283.